The molecule has 1 aromatic heterocycles. The number of nitrogens with two attached hydrogens (primary N) is 2. The fraction of sp³-hybridized carbons (Fsp3) is 0.0909. The molecule has 0 radical (unpaired) electrons. The molecule has 2 aromatic rings. The molecule has 0 spiro atoms. The zero-order valence-corrected chi connectivity index (χ0v) is 9.49. The molecule has 0 fully saturated rings. The Kier molecular flexibility index (Phi) is 2.66. The van der Waals surface area contributed by atoms with Gasteiger partial charge >= 0.3 is 0 Å². The van der Waals surface area contributed by atoms with Gasteiger partial charge in [0.15, 0.2) is 0 Å². The van der Waals surface area contributed by atoms with E-state index in [2.05, 4.69) is 9.97 Å². The van der Waals surface area contributed by atoms with E-state index >= 15 is 0 Å². The van der Waals surface area contributed by atoms with E-state index in [1.165, 1.54) is 6.33 Å². The molecule has 1 aromatic carbocycles. The molecule has 4 N–H and O–H groups in total. The van der Waals surface area contributed by atoms with Crippen LogP contribution in [0.1, 0.15) is 5.69 Å². The summed E-state index contributed by atoms with van der Waals surface area (Å²) in [6, 6.07) is 5.36. The highest BCUT2D eigenvalue weighted by molar-refractivity contribution is 6.36. The molecule has 2 rings (SSSR count). The van der Waals surface area contributed by atoms with Crippen molar-refractivity contribution in [2.75, 3.05) is 11.5 Å². The number of benzene rings is 1. The van der Waals surface area contributed by atoms with Crippen molar-refractivity contribution in [3.05, 3.63) is 35.2 Å². The summed E-state index contributed by atoms with van der Waals surface area (Å²) in [6.07, 6.45) is 1.49. The Labute approximate surface area is 98.3 Å². The zero-order valence-electron chi connectivity index (χ0n) is 8.74. The second kappa shape index (κ2) is 3.98. The second-order valence-electron chi connectivity index (χ2n) is 3.47. The lowest BCUT2D eigenvalue weighted by atomic mass is 10.1. The Morgan fingerprint density at radius 1 is 1.19 bits per heavy atom. The van der Waals surface area contributed by atoms with Crippen molar-refractivity contribution in [3.63, 3.8) is 0 Å². The Morgan fingerprint density at radius 2 is 1.94 bits per heavy atom. The predicted molar refractivity (Wildman–Crippen MR) is 66.0 cm³/mol. The van der Waals surface area contributed by atoms with Crippen LogP contribution < -0.4 is 11.5 Å². The number of aromatic nitrogens is 2. The highest BCUT2D eigenvalue weighted by atomic mass is 35.5. The average Bonchev–Trinajstić information content (AvgIpc) is 2.26. The van der Waals surface area contributed by atoms with Crippen LogP contribution in [0.5, 0.6) is 0 Å². The lowest BCUT2D eigenvalue weighted by Crippen LogP contribution is -1.97. The minimum absolute atomic E-state index is 0.385. The third kappa shape index (κ3) is 1.79. The average molecular weight is 235 g/mol. The van der Waals surface area contributed by atoms with E-state index in [0.29, 0.717) is 16.4 Å². The number of nitrogen functional groups attached to an aromatic ring is 2. The maximum Gasteiger partial charge on any atom is 0.116 e. The highest BCUT2D eigenvalue weighted by Gasteiger charge is 2.10. The minimum Gasteiger partial charge on any atom is -0.397 e. The molecule has 0 amide bonds. The lowest BCUT2D eigenvalue weighted by Gasteiger charge is -2.08. The summed E-state index contributed by atoms with van der Waals surface area (Å²) in [5.74, 6) is 0. The number of halogens is 1. The molecule has 0 aliphatic heterocycles. The maximum absolute atomic E-state index is 6.12. The van der Waals surface area contributed by atoms with E-state index in [1.807, 2.05) is 13.0 Å². The summed E-state index contributed by atoms with van der Waals surface area (Å²) < 4.78 is 0. The summed E-state index contributed by atoms with van der Waals surface area (Å²) in [5.41, 5.74) is 14.6. The molecule has 82 valence electrons. The van der Waals surface area contributed by atoms with Crippen molar-refractivity contribution < 1.29 is 0 Å². The maximum atomic E-state index is 6.12. The van der Waals surface area contributed by atoms with Crippen LogP contribution in [0, 0.1) is 6.92 Å². The molecule has 16 heavy (non-hydrogen) atoms. The second-order valence-corrected chi connectivity index (χ2v) is 3.85. The Hall–Kier alpha value is -1.81. The summed E-state index contributed by atoms with van der Waals surface area (Å²) in [6.45, 7) is 1.89. The Balaban J connectivity index is 2.61. The molecule has 0 atom stereocenters. The van der Waals surface area contributed by atoms with Crippen LogP contribution in [0.4, 0.5) is 11.4 Å². The number of rotatable bonds is 1. The first kappa shape index (κ1) is 10.7. The van der Waals surface area contributed by atoms with Gasteiger partial charge in [-0.2, -0.15) is 0 Å². The van der Waals surface area contributed by atoms with E-state index < -0.39 is 0 Å². The summed E-state index contributed by atoms with van der Waals surface area (Å²) >= 11 is 6.12. The standard InChI is InChI=1S/C11H11ClN4/c1-6-4-9(16-5-15-6)7-2-3-8(13)11(14)10(7)12/h2-5H,13-14H2,1H3. The van der Waals surface area contributed by atoms with E-state index in [1.54, 1.807) is 12.1 Å². The first-order valence-electron chi connectivity index (χ1n) is 4.72. The van der Waals surface area contributed by atoms with Gasteiger partial charge in [0.05, 0.1) is 22.1 Å². The van der Waals surface area contributed by atoms with Crippen molar-refractivity contribution in [3.8, 4) is 11.3 Å². The van der Waals surface area contributed by atoms with E-state index in [4.69, 9.17) is 23.1 Å². The van der Waals surface area contributed by atoms with Crippen molar-refractivity contribution in [1.82, 2.24) is 9.97 Å². The van der Waals surface area contributed by atoms with Gasteiger partial charge in [-0.25, -0.2) is 9.97 Å². The first-order chi connectivity index (χ1) is 7.59. The molecule has 0 saturated carbocycles. The van der Waals surface area contributed by atoms with Crippen LogP contribution in [-0.2, 0) is 0 Å². The topological polar surface area (TPSA) is 77.8 Å². The summed E-state index contributed by atoms with van der Waals surface area (Å²) in [7, 11) is 0. The van der Waals surface area contributed by atoms with Crippen LogP contribution in [0.3, 0.4) is 0 Å². The molecule has 0 saturated heterocycles. The SMILES string of the molecule is Cc1cc(-c2ccc(N)c(N)c2Cl)ncn1. The minimum atomic E-state index is 0.385. The third-order valence-corrected chi connectivity index (χ3v) is 2.70. The van der Waals surface area contributed by atoms with Gasteiger partial charge in [-0.15, -0.1) is 0 Å². The molecule has 0 aliphatic carbocycles. The highest BCUT2D eigenvalue weighted by Crippen LogP contribution is 2.34. The monoisotopic (exact) mass is 234 g/mol. The molecular weight excluding hydrogens is 224 g/mol. The zero-order chi connectivity index (χ0) is 11.7. The molecule has 0 aliphatic rings. The number of hydrogen-bond acceptors (Lipinski definition) is 4. The van der Waals surface area contributed by atoms with Gasteiger partial charge in [0, 0.05) is 11.3 Å². The van der Waals surface area contributed by atoms with Gasteiger partial charge in [-0.1, -0.05) is 11.6 Å². The number of aryl methyl sites for hydroxylation is 1. The molecule has 0 bridgehead atoms. The van der Waals surface area contributed by atoms with Crippen molar-refractivity contribution >= 4 is 23.0 Å². The normalized spacial score (nSPS) is 10.4. The van der Waals surface area contributed by atoms with Gasteiger partial charge in [0.2, 0.25) is 0 Å². The first-order valence-corrected chi connectivity index (χ1v) is 5.10. The van der Waals surface area contributed by atoms with Gasteiger partial charge in [-0.3, -0.25) is 0 Å². The quantitative estimate of drug-likeness (QED) is 0.742. The molecule has 4 nitrogen and oxygen atoms in total. The Bertz CT molecular complexity index is 540. The van der Waals surface area contributed by atoms with Crippen molar-refractivity contribution in [2.45, 2.75) is 6.92 Å². The van der Waals surface area contributed by atoms with Gasteiger partial charge in [0.1, 0.15) is 6.33 Å². The van der Waals surface area contributed by atoms with Gasteiger partial charge < -0.3 is 11.5 Å². The molecule has 5 heteroatoms. The van der Waals surface area contributed by atoms with Gasteiger partial charge in [0.25, 0.3) is 0 Å². The van der Waals surface area contributed by atoms with E-state index in [9.17, 15) is 0 Å². The third-order valence-electron chi connectivity index (χ3n) is 2.29. The summed E-state index contributed by atoms with van der Waals surface area (Å²) in [4.78, 5) is 8.17. The number of nitrogens with zero attached hydrogens (tertiary/aromatic N) is 2. The predicted octanol–water partition coefficient (Wildman–Crippen LogP) is 2.27. The largest absolute Gasteiger partial charge is 0.397 e. The fourth-order valence-electron chi connectivity index (χ4n) is 1.41. The van der Waals surface area contributed by atoms with Crippen molar-refractivity contribution in [2.24, 2.45) is 0 Å². The number of hydrogen-bond donors (Lipinski definition) is 2. The molecule has 0 unspecified atom stereocenters. The number of anilines is 2. The lowest BCUT2D eigenvalue weighted by molar-refractivity contribution is 1.11. The van der Waals surface area contributed by atoms with Crippen LogP contribution in [0.2, 0.25) is 5.02 Å². The van der Waals surface area contributed by atoms with Crippen LogP contribution >= 0.6 is 11.6 Å². The van der Waals surface area contributed by atoms with Crippen LogP contribution in [-0.4, -0.2) is 9.97 Å². The summed E-state index contributed by atoms with van der Waals surface area (Å²) in [5, 5.41) is 0.429. The van der Waals surface area contributed by atoms with Gasteiger partial charge in [-0.05, 0) is 25.1 Å². The fourth-order valence-corrected chi connectivity index (χ4v) is 1.68. The smallest absolute Gasteiger partial charge is 0.116 e. The Morgan fingerprint density at radius 3 is 2.62 bits per heavy atom. The molecule has 1 heterocycles. The van der Waals surface area contributed by atoms with Crippen molar-refractivity contribution in [1.29, 1.82) is 0 Å². The van der Waals surface area contributed by atoms with E-state index in [0.717, 1.165) is 17.0 Å². The van der Waals surface area contributed by atoms with E-state index in [-0.39, 0.29) is 0 Å². The van der Waals surface area contributed by atoms with Crippen LogP contribution in [0.15, 0.2) is 24.5 Å². The van der Waals surface area contributed by atoms with Crippen LogP contribution in [0.25, 0.3) is 11.3 Å². The molecular formula is C11H11ClN4.